The van der Waals surface area contributed by atoms with Gasteiger partial charge in [0.2, 0.25) is 0 Å². The van der Waals surface area contributed by atoms with E-state index in [0.29, 0.717) is 11.6 Å². The summed E-state index contributed by atoms with van der Waals surface area (Å²) in [5.74, 6) is 1.11. The van der Waals surface area contributed by atoms with Gasteiger partial charge in [0, 0.05) is 5.88 Å². The molecule has 0 atom stereocenters. The van der Waals surface area contributed by atoms with Gasteiger partial charge in [0.25, 0.3) is 0 Å². The van der Waals surface area contributed by atoms with Gasteiger partial charge in [0.1, 0.15) is 5.75 Å². The molecular weight excluding hydrogens is 184 g/mol. The maximum absolute atomic E-state index is 9.53. The Kier molecular flexibility index (Phi) is 3.61. The lowest BCUT2D eigenvalue weighted by Gasteiger charge is -2.06. The molecule has 2 heteroatoms. The molecule has 0 amide bonds. The number of aromatic hydroxyl groups is 1. The Morgan fingerprint density at radius 1 is 1.23 bits per heavy atom. The molecule has 0 aliphatic rings. The molecule has 72 valence electrons. The third kappa shape index (κ3) is 2.63. The van der Waals surface area contributed by atoms with Crippen LogP contribution in [0.4, 0.5) is 0 Å². The molecule has 13 heavy (non-hydrogen) atoms. The van der Waals surface area contributed by atoms with E-state index in [1.165, 1.54) is 5.56 Å². The Bertz CT molecular complexity index is 271. The van der Waals surface area contributed by atoms with Crippen LogP contribution in [0.5, 0.6) is 5.75 Å². The smallest absolute Gasteiger partial charge is 0.121 e. The van der Waals surface area contributed by atoms with Gasteiger partial charge in [-0.1, -0.05) is 12.1 Å². The molecule has 0 aromatic heterocycles. The summed E-state index contributed by atoms with van der Waals surface area (Å²) in [5.41, 5.74) is 3.16. The average molecular weight is 199 g/mol. The van der Waals surface area contributed by atoms with Crippen molar-refractivity contribution in [2.45, 2.75) is 26.7 Å². The fourth-order valence-electron chi connectivity index (χ4n) is 1.46. The molecule has 0 spiro atoms. The summed E-state index contributed by atoms with van der Waals surface area (Å²) >= 11 is 5.61. The summed E-state index contributed by atoms with van der Waals surface area (Å²) in [6.07, 6.45) is 1.98. The van der Waals surface area contributed by atoms with Crippen molar-refractivity contribution in [2.75, 3.05) is 5.88 Å². The topological polar surface area (TPSA) is 20.2 Å². The van der Waals surface area contributed by atoms with Gasteiger partial charge in [-0.15, -0.1) is 11.6 Å². The second kappa shape index (κ2) is 4.52. The summed E-state index contributed by atoms with van der Waals surface area (Å²) < 4.78 is 0. The Morgan fingerprint density at radius 2 is 1.77 bits per heavy atom. The first kappa shape index (κ1) is 10.4. The van der Waals surface area contributed by atoms with Crippen molar-refractivity contribution in [2.24, 2.45) is 0 Å². The molecule has 0 saturated heterocycles. The fourth-order valence-corrected chi connectivity index (χ4v) is 1.59. The van der Waals surface area contributed by atoms with Crippen molar-refractivity contribution >= 4 is 11.6 Å². The molecule has 0 radical (unpaired) electrons. The largest absolute Gasteiger partial charge is 0.507 e. The Balaban J connectivity index is 2.86. The van der Waals surface area contributed by atoms with Crippen molar-refractivity contribution in [1.82, 2.24) is 0 Å². The lowest BCUT2D eigenvalue weighted by atomic mass is 10.0. The molecule has 1 N–H and O–H groups in total. The van der Waals surface area contributed by atoms with Crippen molar-refractivity contribution in [1.29, 1.82) is 0 Å². The van der Waals surface area contributed by atoms with Gasteiger partial charge >= 0.3 is 0 Å². The van der Waals surface area contributed by atoms with Gasteiger partial charge in [-0.05, 0) is 43.4 Å². The fraction of sp³-hybridized carbons (Fsp3) is 0.455. The van der Waals surface area contributed by atoms with E-state index in [-0.39, 0.29) is 0 Å². The van der Waals surface area contributed by atoms with E-state index in [0.717, 1.165) is 24.0 Å². The first-order valence-electron chi connectivity index (χ1n) is 4.50. The number of aryl methyl sites for hydroxylation is 3. The highest BCUT2D eigenvalue weighted by molar-refractivity contribution is 6.17. The first-order valence-corrected chi connectivity index (χ1v) is 5.03. The lowest BCUT2D eigenvalue weighted by Crippen LogP contribution is -1.90. The maximum atomic E-state index is 9.53. The zero-order valence-electron chi connectivity index (χ0n) is 8.10. The Labute approximate surface area is 84.4 Å². The number of halogens is 1. The standard InChI is InChI=1S/C11H15ClO/c1-8-6-10(4-3-5-12)7-9(2)11(8)13/h6-7,13H,3-5H2,1-2H3. The third-order valence-electron chi connectivity index (χ3n) is 2.15. The van der Waals surface area contributed by atoms with E-state index in [9.17, 15) is 5.11 Å². The minimum Gasteiger partial charge on any atom is -0.507 e. The molecule has 0 aliphatic carbocycles. The number of hydrogen-bond donors (Lipinski definition) is 1. The van der Waals surface area contributed by atoms with Crippen molar-refractivity contribution < 1.29 is 5.11 Å². The van der Waals surface area contributed by atoms with E-state index >= 15 is 0 Å². The van der Waals surface area contributed by atoms with Gasteiger partial charge in [0.05, 0.1) is 0 Å². The van der Waals surface area contributed by atoms with Gasteiger partial charge in [-0.25, -0.2) is 0 Å². The Morgan fingerprint density at radius 3 is 2.23 bits per heavy atom. The molecule has 0 unspecified atom stereocenters. The van der Waals surface area contributed by atoms with Crippen LogP contribution in [0.1, 0.15) is 23.1 Å². The van der Waals surface area contributed by atoms with Crippen molar-refractivity contribution in [3.05, 3.63) is 28.8 Å². The van der Waals surface area contributed by atoms with Crippen LogP contribution in [0.2, 0.25) is 0 Å². The van der Waals surface area contributed by atoms with E-state index in [4.69, 9.17) is 11.6 Å². The third-order valence-corrected chi connectivity index (χ3v) is 2.42. The second-order valence-electron chi connectivity index (χ2n) is 3.37. The summed E-state index contributed by atoms with van der Waals surface area (Å²) in [4.78, 5) is 0. The zero-order chi connectivity index (χ0) is 9.84. The lowest BCUT2D eigenvalue weighted by molar-refractivity contribution is 0.466. The van der Waals surface area contributed by atoms with Crippen molar-refractivity contribution in [3.63, 3.8) is 0 Å². The predicted octanol–water partition coefficient (Wildman–Crippen LogP) is 3.18. The summed E-state index contributed by atoms with van der Waals surface area (Å²) in [7, 11) is 0. The van der Waals surface area contributed by atoms with E-state index < -0.39 is 0 Å². The molecule has 1 aromatic rings. The minimum absolute atomic E-state index is 0.412. The van der Waals surface area contributed by atoms with E-state index in [2.05, 4.69) is 0 Å². The summed E-state index contributed by atoms with van der Waals surface area (Å²) in [6.45, 7) is 3.85. The highest BCUT2D eigenvalue weighted by atomic mass is 35.5. The quantitative estimate of drug-likeness (QED) is 0.740. The number of phenolic OH excluding ortho intramolecular Hbond substituents is 1. The SMILES string of the molecule is Cc1cc(CCCCl)cc(C)c1O. The highest BCUT2D eigenvalue weighted by Gasteiger charge is 2.02. The molecule has 0 fully saturated rings. The molecule has 1 rings (SSSR count). The van der Waals surface area contributed by atoms with Gasteiger partial charge < -0.3 is 5.11 Å². The van der Waals surface area contributed by atoms with Crippen molar-refractivity contribution in [3.8, 4) is 5.75 Å². The Hall–Kier alpha value is -0.690. The number of alkyl halides is 1. The zero-order valence-corrected chi connectivity index (χ0v) is 8.86. The van der Waals surface area contributed by atoms with Crippen LogP contribution in [-0.4, -0.2) is 11.0 Å². The van der Waals surface area contributed by atoms with Crippen LogP contribution < -0.4 is 0 Å². The van der Waals surface area contributed by atoms with Crippen LogP contribution in [0.25, 0.3) is 0 Å². The molecule has 0 heterocycles. The second-order valence-corrected chi connectivity index (χ2v) is 3.75. The molecule has 1 nitrogen and oxygen atoms in total. The molecule has 1 aromatic carbocycles. The minimum atomic E-state index is 0.412. The maximum Gasteiger partial charge on any atom is 0.121 e. The number of phenols is 1. The molecule has 0 saturated carbocycles. The molecule has 0 bridgehead atoms. The van der Waals surface area contributed by atoms with Crippen LogP contribution in [0.15, 0.2) is 12.1 Å². The molecular formula is C11H15ClO. The van der Waals surface area contributed by atoms with Gasteiger partial charge in [0.15, 0.2) is 0 Å². The number of hydrogen-bond acceptors (Lipinski definition) is 1. The van der Waals surface area contributed by atoms with E-state index in [1.54, 1.807) is 0 Å². The van der Waals surface area contributed by atoms with Gasteiger partial charge in [-0.3, -0.25) is 0 Å². The van der Waals surface area contributed by atoms with Crippen LogP contribution >= 0.6 is 11.6 Å². The number of rotatable bonds is 3. The summed E-state index contributed by atoms with van der Waals surface area (Å²) in [6, 6.07) is 4.05. The monoisotopic (exact) mass is 198 g/mol. The van der Waals surface area contributed by atoms with Crippen LogP contribution in [0, 0.1) is 13.8 Å². The van der Waals surface area contributed by atoms with Gasteiger partial charge in [-0.2, -0.15) is 0 Å². The summed E-state index contributed by atoms with van der Waals surface area (Å²) in [5, 5.41) is 9.53. The predicted molar refractivity (Wildman–Crippen MR) is 56.6 cm³/mol. The first-order chi connectivity index (χ1) is 6.15. The van der Waals surface area contributed by atoms with Crippen LogP contribution in [0.3, 0.4) is 0 Å². The molecule has 0 aliphatic heterocycles. The normalized spacial score (nSPS) is 10.4. The number of benzene rings is 1. The van der Waals surface area contributed by atoms with Crippen LogP contribution in [-0.2, 0) is 6.42 Å². The average Bonchev–Trinajstić information content (AvgIpc) is 2.10. The highest BCUT2D eigenvalue weighted by Crippen LogP contribution is 2.23. The van der Waals surface area contributed by atoms with E-state index in [1.807, 2.05) is 26.0 Å².